The third-order valence-corrected chi connectivity index (χ3v) is 2.68. The highest BCUT2D eigenvalue weighted by molar-refractivity contribution is 5.75. The van der Waals surface area contributed by atoms with Crippen LogP contribution in [0.3, 0.4) is 0 Å². The largest absolute Gasteiger partial charge is 0.481 e. The molecule has 2 amide bonds. The molecule has 0 bridgehead atoms. The van der Waals surface area contributed by atoms with Gasteiger partial charge in [0.05, 0.1) is 18.2 Å². The molecule has 1 atom stereocenters. The van der Waals surface area contributed by atoms with E-state index in [4.69, 9.17) is 5.11 Å². The number of amides is 2. The molecule has 0 aliphatic rings. The van der Waals surface area contributed by atoms with Crippen molar-refractivity contribution in [3.63, 3.8) is 0 Å². The molecule has 1 rings (SSSR count). The Morgan fingerprint density at radius 3 is 2.63 bits per heavy atom. The fraction of sp³-hybridized carbons (Fsp3) is 0.500. The third-order valence-electron chi connectivity index (χ3n) is 2.68. The van der Waals surface area contributed by atoms with Gasteiger partial charge in [0.2, 0.25) is 0 Å². The van der Waals surface area contributed by atoms with Crippen LogP contribution in [-0.2, 0) is 11.3 Å². The number of urea groups is 1. The van der Waals surface area contributed by atoms with Crippen molar-refractivity contribution in [2.75, 3.05) is 6.54 Å². The van der Waals surface area contributed by atoms with Gasteiger partial charge in [-0.05, 0) is 12.0 Å². The van der Waals surface area contributed by atoms with Crippen molar-refractivity contribution in [3.8, 4) is 0 Å². The van der Waals surface area contributed by atoms with Crippen LogP contribution in [-0.4, -0.2) is 33.6 Å². The smallest absolute Gasteiger partial charge is 0.315 e. The maximum atomic E-state index is 11.5. The zero-order valence-electron chi connectivity index (χ0n) is 11.0. The van der Waals surface area contributed by atoms with Gasteiger partial charge in [-0.2, -0.15) is 0 Å². The quantitative estimate of drug-likeness (QED) is 0.700. The molecule has 1 aromatic rings. The van der Waals surface area contributed by atoms with E-state index in [2.05, 4.69) is 20.6 Å². The van der Waals surface area contributed by atoms with Gasteiger partial charge in [-0.3, -0.25) is 4.79 Å². The van der Waals surface area contributed by atoms with Gasteiger partial charge in [0.1, 0.15) is 6.33 Å². The summed E-state index contributed by atoms with van der Waals surface area (Å²) >= 11 is 0. The van der Waals surface area contributed by atoms with E-state index >= 15 is 0 Å². The minimum Gasteiger partial charge on any atom is -0.481 e. The first kappa shape index (κ1) is 14.9. The lowest BCUT2D eigenvalue weighted by Crippen LogP contribution is -2.41. The number of carbonyl (C=O) groups is 2. The maximum absolute atomic E-state index is 11.5. The van der Waals surface area contributed by atoms with Crippen LogP contribution in [0.2, 0.25) is 0 Å². The van der Waals surface area contributed by atoms with Gasteiger partial charge >= 0.3 is 12.0 Å². The number of nitrogens with zero attached hydrogens (tertiary/aromatic N) is 2. The minimum atomic E-state index is -0.911. The number of rotatable bonds is 6. The number of hydrogen-bond acceptors (Lipinski definition) is 4. The normalized spacial score (nSPS) is 11.9. The fourth-order valence-corrected chi connectivity index (χ4v) is 1.47. The lowest BCUT2D eigenvalue weighted by molar-refractivity contribution is -0.142. The number of nitrogens with one attached hydrogen (secondary N) is 2. The lowest BCUT2D eigenvalue weighted by Gasteiger charge is -2.16. The Bertz CT molecular complexity index is 422. The first-order valence-electron chi connectivity index (χ1n) is 6.00. The first-order valence-corrected chi connectivity index (χ1v) is 6.00. The van der Waals surface area contributed by atoms with Crippen molar-refractivity contribution in [2.45, 2.75) is 20.4 Å². The number of aromatic nitrogens is 2. The van der Waals surface area contributed by atoms with E-state index in [-0.39, 0.29) is 19.0 Å². The second kappa shape index (κ2) is 7.30. The predicted molar refractivity (Wildman–Crippen MR) is 68.2 cm³/mol. The van der Waals surface area contributed by atoms with Crippen molar-refractivity contribution < 1.29 is 14.7 Å². The van der Waals surface area contributed by atoms with Crippen molar-refractivity contribution >= 4 is 12.0 Å². The van der Waals surface area contributed by atoms with Crippen LogP contribution in [0, 0.1) is 11.8 Å². The van der Waals surface area contributed by atoms with E-state index in [1.165, 1.54) is 6.33 Å². The molecule has 104 valence electrons. The van der Waals surface area contributed by atoms with Gasteiger partial charge in [-0.15, -0.1) is 0 Å². The van der Waals surface area contributed by atoms with Crippen LogP contribution >= 0.6 is 0 Å². The molecule has 0 aliphatic carbocycles. The van der Waals surface area contributed by atoms with Gasteiger partial charge in [0.15, 0.2) is 0 Å². The SMILES string of the molecule is CC(C)C(CNC(=O)NCc1ccncn1)C(=O)O. The zero-order chi connectivity index (χ0) is 14.3. The number of carbonyl (C=O) groups excluding carboxylic acids is 1. The van der Waals surface area contributed by atoms with E-state index in [0.717, 1.165) is 0 Å². The van der Waals surface area contributed by atoms with Gasteiger partial charge in [-0.1, -0.05) is 13.8 Å². The van der Waals surface area contributed by atoms with Crippen LogP contribution in [0.25, 0.3) is 0 Å². The highest BCUT2D eigenvalue weighted by Crippen LogP contribution is 2.09. The Morgan fingerprint density at radius 1 is 1.37 bits per heavy atom. The summed E-state index contributed by atoms with van der Waals surface area (Å²) in [4.78, 5) is 30.2. The van der Waals surface area contributed by atoms with E-state index < -0.39 is 17.9 Å². The summed E-state index contributed by atoms with van der Waals surface area (Å²) in [5.74, 6) is -1.55. The molecule has 0 fully saturated rings. The molecule has 0 aliphatic heterocycles. The fourth-order valence-electron chi connectivity index (χ4n) is 1.47. The van der Waals surface area contributed by atoms with Crippen molar-refractivity contribution in [1.29, 1.82) is 0 Å². The Balaban J connectivity index is 2.33. The molecule has 0 radical (unpaired) electrons. The molecule has 0 spiro atoms. The molecular weight excluding hydrogens is 248 g/mol. The summed E-state index contributed by atoms with van der Waals surface area (Å²) in [7, 11) is 0. The van der Waals surface area contributed by atoms with Crippen molar-refractivity contribution in [3.05, 3.63) is 24.3 Å². The molecule has 3 N–H and O–H groups in total. The van der Waals surface area contributed by atoms with Gasteiger partial charge < -0.3 is 15.7 Å². The van der Waals surface area contributed by atoms with Gasteiger partial charge in [-0.25, -0.2) is 14.8 Å². The summed E-state index contributed by atoms with van der Waals surface area (Å²) in [5.41, 5.74) is 0.684. The molecule has 0 aromatic carbocycles. The molecule has 7 heteroatoms. The molecule has 0 saturated heterocycles. The predicted octanol–water partition coefficient (Wildman–Crippen LogP) is 0.633. The molecular formula is C12H18N4O3. The number of hydrogen-bond donors (Lipinski definition) is 3. The zero-order valence-corrected chi connectivity index (χ0v) is 11.0. The van der Waals surface area contributed by atoms with Gasteiger partial charge in [0.25, 0.3) is 0 Å². The molecule has 0 saturated carbocycles. The molecule has 1 heterocycles. The summed E-state index contributed by atoms with van der Waals surface area (Å²) < 4.78 is 0. The average molecular weight is 266 g/mol. The summed E-state index contributed by atoms with van der Waals surface area (Å²) in [6.45, 7) is 3.98. The minimum absolute atomic E-state index is 0.0420. The Hall–Kier alpha value is -2.18. The topological polar surface area (TPSA) is 104 Å². The summed E-state index contributed by atoms with van der Waals surface area (Å²) in [6, 6.07) is 1.28. The Kier molecular flexibility index (Phi) is 5.72. The van der Waals surface area contributed by atoms with Crippen LogP contribution in [0.4, 0.5) is 4.79 Å². The van der Waals surface area contributed by atoms with Gasteiger partial charge in [0, 0.05) is 12.7 Å². The monoisotopic (exact) mass is 266 g/mol. The second-order valence-electron chi connectivity index (χ2n) is 4.45. The van der Waals surface area contributed by atoms with Crippen LogP contribution in [0.15, 0.2) is 18.6 Å². The number of carboxylic acids is 1. The van der Waals surface area contributed by atoms with E-state index in [9.17, 15) is 9.59 Å². The molecule has 1 aromatic heterocycles. The molecule has 19 heavy (non-hydrogen) atoms. The maximum Gasteiger partial charge on any atom is 0.315 e. The summed E-state index contributed by atoms with van der Waals surface area (Å²) in [6.07, 6.45) is 2.98. The third kappa shape index (κ3) is 5.33. The average Bonchev–Trinajstić information content (AvgIpc) is 2.37. The van der Waals surface area contributed by atoms with Crippen LogP contribution in [0.5, 0.6) is 0 Å². The Labute approximate surface area is 111 Å². The molecule has 7 nitrogen and oxygen atoms in total. The first-order chi connectivity index (χ1) is 9.00. The van der Waals surface area contributed by atoms with Crippen LogP contribution in [0.1, 0.15) is 19.5 Å². The van der Waals surface area contributed by atoms with Crippen molar-refractivity contribution in [1.82, 2.24) is 20.6 Å². The summed E-state index contributed by atoms with van der Waals surface area (Å²) in [5, 5.41) is 14.1. The standard InChI is InChI=1S/C12H18N4O3/c1-8(2)10(11(17)18)6-15-12(19)14-5-9-3-4-13-7-16-9/h3-4,7-8,10H,5-6H2,1-2H3,(H,17,18)(H2,14,15,19). The van der Waals surface area contributed by atoms with E-state index in [1.54, 1.807) is 26.1 Å². The number of aliphatic carboxylic acids is 1. The highest BCUT2D eigenvalue weighted by atomic mass is 16.4. The second-order valence-corrected chi connectivity index (χ2v) is 4.45. The Morgan fingerprint density at radius 2 is 2.11 bits per heavy atom. The lowest BCUT2D eigenvalue weighted by atomic mass is 9.96. The van der Waals surface area contributed by atoms with E-state index in [1.807, 2.05) is 0 Å². The van der Waals surface area contributed by atoms with Crippen LogP contribution < -0.4 is 10.6 Å². The molecule has 1 unspecified atom stereocenters. The number of carboxylic acid groups (broad SMARTS) is 1. The highest BCUT2D eigenvalue weighted by Gasteiger charge is 2.21. The van der Waals surface area contributed by atoms with E-state index in [0.29, 0.717) is 5.69 Å². The van der Waals surface area contributed by atoms with Crippen molar-refractivity contribution in [2.24, 2.45) is 11.8 Å².